The third-order valence-corrected chi connectivity index (χ3v) is 4.99. The van der Waals surface area contributed by atoms with Gasteiger partial charge in [0.2, 0.25) is 0 Å². The molecule has 0 bridgehead atoms. The van der Waals surface area contributed by atoms with Crippen molar-refractivity contribution >= 4 is 29.2 Å². The van der Waals surface area contributed by atoms with Crippen LogP contribution in [0.25, 0.3) is 11.6 Å². The molecule has 3 aromatic rings. The van der Waals surface area contributed by atoms with E-state index in [-0.39, 0.29) is 17.2 Å². The summed E-state index contributed by atoms with van der Waals surface area (Å²) in [6, 6.07) is 20.5. The van der Waals surface area contributed by atoms with E-state index in [0.29, 0.717) is 45.9 Å². The summed E-state index contributed by atoms with van der Waals surface area (Å²) in [4.78, 5) is 10.9. The molecule has 3 aromatic carbocycles. The van der Waals surface area contributed by atoms with Gasteiger partial charge in [-0.05, 0) is 47.9 Å². The molecule has 0 aliphatic heterocycles. The molecule has 0 aliphatic carbocycles. The van der Waals surface area contributed by atoms with Gasteiger partial charge < -0.3 is 19.4 Å². The van der Waals surface area contributed by atoms with Crippen molar-refractivity contribution in [3.8, 4) is 23.6 Å². The monoisotopic (exact) mass is 457 g/mol. The summed E-state index contributed by atoms with van der Waals surface area (Å²) < 4.78 is 11.6. The molecule has 0 aromatic heterocycles. The Balaban J connectivity index is 1.93. The van der Waals surface area contributed by atoms with Gasteiger partial charge in [0, 0.05) is 5.56 Å². The Kier molecular flexibility index (Phi) is 7.70. The van der Waals surface area contributed by atoms with Gasteiger partial charge >= 0.3 is 0 Å². The lowest BCUT2D eigenvalue weighted by Crippen LogP contribution is -2.21. The molecule has 0 aliphatic rings. The van der Waals surface area contributed by atoms with Crippen LogP contribution < -0.4 is 14.6 Å². The Morgan fingerprint density at radius 1 is 1.06 bits per heavy atom. The van der Waals surface area contributed by atoms with Crippen LogP contribution in [0.2, 0.25) is 5.02 Å². The smallest absolute Gasteiger partial charge is 0.180 e. The first kappa shape index (κ1) is 23.4. The number of carboxylic acids is 1. The fraction of sp³-hybridized carbons (Fsp3) is 0.115. The third kappa shape index (κ3) is 5.71. The first-order valence-corrected chi connectivity index (χ1v) is 10.3. The standard InChI is InChI=1S/C26H19ClN2O4/c1-2-32-24-13-17(11-22(15-29)18-7-9-19(10-8-18)26(30)31)12-23(27)25(24)33-16-21-6-4-3-5-20(21)14-28/h3-13H,2,16H2,1H3,(H,30,31)/p-1/b22-11+. The van der Waals surface area contributed by atoms with E-state index in [2.05, 4.69) is 12.1 Å². The van der Waals surface area contributed by atoms with E-state index in [1.54, 1.807) is 36.4 Å². The van der Waals surface area contributed by atoms with E-state index in [1.165, 1.54) is 24.3 Å². The van der Waals surface area contributed by atoms with Crippen molar-refractivity contribution in [3.05, 3.63) is 93.5 Å². The van der Waals surface area contributed by atoms with Crippen molar-refractivity contribution in [1.29, 1.82) is 10.5 Å². The average Bonchev–Trinajstić information content (AvgIpc) is 2.82. The molecule has 0 N–H and O–H groups in total. The van der Waals surface area contributed by atoms with E-state index in [0.717, 1.165) is 0 Å². The Labute approximate surface area is 196 Å². The minimum atomic E-state index is -1.29. The van der Waals surface area contributed by atoms with Crippen LogP contribution in [0.15, 0.2) is 60.7 Å². The van der Waals surface area contributed by atoms with Gasteiger partial charge in [-0.25, -0.2) is 0 Å². The van der Waals surface area contributed by atoms with E-state index < -0.39 is 5.97 Å². The number of carbonyl (C=O) groups excluding carboxylic acids is 1. The van der Waals surface area contributed by atoms with Crippen LogP contribution in [0, 0.1) is 22.7 Å². The van der Waals surface area contributed by atoms with Gasteiger partial charge in [-0.3, -0.25) is 0 Å². The number of ether oxygens (including phenoxy) is 2. The lowest BCUT2D eigenvalue weighted by atomic mass is 10.0. The number of benzene rings is 3. The Bertz CT molecular complexity index is 1290. The van der Waals surface area contributed by atoms with E-state index in [9.17, 15) is 20.4 Å². The molecule has 3 rings (SSSR count). The van der Waals surface area contributed by atoms with Crippen molar-refractivity contribution in [2.45, 2.75) is 13.5 Å². The van der Waals surface area contributed by atoms with Gasteiger partial charge in [0.05, 0.1) is 40.9 Å². The summed E-state index contributed by atoms with van der Waals surface area (Å²) in [6.45, 7) is 2.32. The van der Waals surface area contributed by atoms with Crippen molar-refractivity contribution in [2.75, 3.05) is 6.61 Å². The quantitative estimate of drug-likeness (QED) is 0.361. The number of hydrogen-bond acceptors (Lipinski definition) is 6. The molecule has 0 fully saturated rings. The number of nitriles is 2. The average molecular weight is 458 g/mol. The van der Waals surface area contributed by atoms with Crippen molar-refractivity contribution < 1.29 is 19.4 Å². The molecule has 0 saturated carbocycles. The van der Waals surface area contributed by atoms with Gasteiger partial charge in [0.1, 0.15) is 6.61 Å². The van der Waals surface area contributed by atoms with E-state index in [1.807, 2.05) is 13.0 Å². The van der Waals surface area contributed by atoms with Gasteiger partial charge in [-0.2, -0.15) is 10.5 Å². The molecule has 0 unspecified atom stereocenters. The first-order valence-electron chi connectivity index (χ1n) is 9.97. The van der Waals surface area contributed by atoms with Crippen LogP contribution in [-0.4, -0.2) is 12.6 Å². The minimum Gasteiger partial charge on any atom is -0.545 e. The minimum absolute atomic E-state index is 0.0252. The second-order valence-electron chi connectivity index (χ2n) is 6.86. The topological polar surface area (TPSA) is 106 Å². The maximum atomic E-state index is 10.9. The van der Waals surface area contributed by atoms with Crippen LogP contribution in [0.1, 0.15) is 39.5 Å². The maximum Gasteiger partial charge on any atom is 0.180 e. The van der Waals surface area contributed by atoms with Crippen LogP contribution >= 0.6 is 11.6 Å². The summed E-state index contributed by atoms with van der Waals surface area (Å²) in [5.41, 5.74) is 2.72. The highest BCUT2D eigenvalue weighted by molar-refractivity contribution is 6.32. The number of nitrogens with zero attached hydrogens (tertiary/aromatic N) is 2. The fourth-order valence-electron chi connectivity index (χ4n) is 3.11. The number of carbonyl (C=O) groups is 1. The number of halogens is 1. The summed E-state index contributed by atoms with van der Waals surface area (Å²) in [5.74, 6) is -0.555. The van der Waals surface area contributed by atoms with Crippen molar-refractivity contribution in [3.63, 3.8) is 0 Å². The predicted molar refractivity (Wildman–Crippen MR) is 122 cm³/mol. The highest BCUT2D eigenvalue weighted by Crippen LogP contribution is 2.38. The molecule has 6 nitrogen and oxygen atoms in total. The molecule has 0 amide bonds. The second kappa shape index (κ2) is 10.9. The lowest BCUT2D eigenvalue weighted by Gasteiger charge is -2.15. The molecular formula is C26H18ClN2O4-. The summed E-state index contributed by atoms with van der Waals surface area (Å²) >= 11 is 6.48. The normalized spacial score (nSPS) is 10.7. The molecular weight excluding hydrogens is 440 g/mol. The molecule has 0 atom stereocenters. The van der Waals surface area contributed by atoms with Crippen LogP contribution in [0.4, 0.5) is 0 Å². The Morgan fingerprint density at radius 3 is 2.39 bits per heavy atom. The second-order valence-corrected chi connectivity index (χ2v) is 7.26. The molecule has 0 radical (unpaired) electrons. The largest absolute Gasteiger partial charge is 0.545 e. The van der Waals surface area contributed by atoms with Crippen LogP contribution in [0.5, 0.6) is 11.5 Å². The summed E-state index contributed by atoms with van der Waals surface area (Å²) in [5, 5.41) is 30.1. The summed E-state index contributed by atoms with van der Waals surface area (Å²) in [6.07, 6.45) is 1.62. The Hall–Kier alpha value is -4.26. The number of carboxylic acid groups (broad SMARTS) is 1. The number of aromatic carboxylic acids is 1. The van der Waals surface area contributed by atoms with Gasteiger partial charge in [0.25, 0.3) is 0 Å². The van der Waals surface area contributed by atoms with Gasteiger partial charge in [-0.1, -0.05) is 54.1 Å². The zero-order valence-electron chi connectivity index (χ0n) is 17.7. The van der Waals surface area contributed by atoms with Crippen molar-refractivity contribution in [1.82, 2.24) is 0 Å². The molecule has 0 heterocycles. The Morgan fingerprint density at radius 2 is 1.76 bits per heavy atom. The van der Waals surface area contributed by atoms with E-state index >= 15 is 0 Å². The number of allylic oxidation sites excluding steroid dienone is 1. The molecule has 33 heavy (non-hydrogen) atoms. The number of rotatable bonds is 8. The van der Waals surface area contributed by atoms with Crippen molar-refractivity contribution in [2.24, 2.45) is 0 Å². The first-order chi connectivity index (χ1) is 16.0. The zero-order valence-corrected chi connectivity index (χ0v) is 18.4. The maximum absolute atomic E-state index is 10.9. The fourth-order valence-corrected chi connectivity index (χ4v) is 3.39. The van der Waals surface area contributed by atoms with Crippen LogP contribution in [0.3, 0.4) is 0 Å². The number of hydrogen-bond donors (Lipinski definition) is 0. The van der Waals surface area contributed by atoms with Crippen LogP contribution in [-0.2, 0) is 6.61 Å². The SMILES string of the molecule is CCOc1cc(/C=C(\C#N)c2ccc(C(=O)[O-])cc2)cc(Cl)c1OCc1ccccc1C#N. The highest BCUT2D eigenvalue weighted by Gasteiger charge is 2.14. The molecule has 0 saturated heterocycles. The predicted octanol–water partition coefficient (Wildman–Crippen LogP) is 4.62. The molecule has 7 heteroatoms. The zero-order chi connectivity index (χ0) is 23.8. The van der Waals surface area contributed by atoms with E-state index in [4.69, 9.17) is 21.1 Å². The lowest BCUT2D eigenvalue weighted by molar-refractivity contribution is -0.255. The van der Waals surface area contributed by atoms with Gasteiger partial charge in [0.15, 0.2) is 11.5 Å². The highest BCUT2D eigenvalue weighted by atomic mass is 35.5. The van der Waals surface area contributed by atoms with Gasteiger partial charge in [-0.15, -0.1) is 0 Å². The third-order valence-electron chi connectivity index (χ3n) is 4.70. The molecule has 0 spiro atoms. The molecule has 164 valence electrons. The summed E-state index contributed by atoms with van der Waals surface area (Å²) in [7, 11) is 0.